The SMILES string of the molecule is CNC(COCCOCC(C)C)C1CCCC1. The van der Waals surface area contributed by atoms with E-state index in [9.17, 15) is 0 Å². The lowest BCUT2D eigenvalue weighted by molar-refractivity contribution is 0.0255. The number of ether oxygens (including phenoxy) is 2. The highest BCUT2D eigenvalue weighted by Crippen LogP contribution is 2.27. The first-order valence-electron chi connectivity index (χ1n) is 7.06. The van der Waals surface area contributed by atoms with Crippen LogP contribution in [0.1, 0.15) is 39.5 Å². The highest BCUT2D eigenvalue weighted by molar-refractivity contribution is 4.79. The van der Waals surface area contributed by atoms with Gasteiger partial charge in [0.25, 0.3) is 0 Å². The fraction of sp³-hybridized carbons (Fsp3) is 1.00. The second-order valence-electron chi connectivity index (χ2n) is 5.48. The first kappa shape index (κ1) is 14.9. The second kappa shape index (κ2) is 8.90. The molecule has 0 aliphatic heterocycles. The fourth-order valence-corrected chi connectivity index (χ4v) is 2.46. The maximum Gasteiger partial charge on any atom is 0.0701 e. The van der Waals surface area contributed by atoms with Gasteiger partial charge in [0.1, 0.15) is 0 Å². The van der Waals surface area contributed by atoms with E-state index in [2.05, 4.69) is 19.2 Å². The van der Waals surface area contributed by atoms with E-state index in [1.807, 2.05) is 7.05 Å². The average molecular weight is 243 g/mol. The summed E-state index contributed by atoms with van der Waals surface area (Å²) in [4.78, 5) is 0. The fourth-order valence-electron chi connectivity index (χ4n) is 2.46. The highest BCUT2D eigenvalue weighted by atomic mass is 16.5. The van der Waals surface area contributed by atoms with E-state index < -0.39 is 0 Å². The summed E-state index contributed by atoms with van der Waals surface area (Å²) >= 11 is 0. The number of rotatable bonds is 9. The van der Waals surface area contributed by atoms with Gasteiger partial charge < -0.3 is 14.8 Å². The molecule has 0 aromatic heterocycles. The van der Waals surface area contributed by atoms with Crippen molar-refractivity contribution in [1.29, 1.82) is 0 Å². The van der Waals surface area contributed by atoms with Gasteiger partial charge in [0, 0.05) is 12.6 Å². The van der Waals surface area contributed by atoms with Crippen LogP contribution >= 0.6 is 0 Å². The van der Waals surface area contributed by atoms with Gasteiger partial charge in [-0.1, -0.05) is 26.7 Å². The summed E-state index contributed by atoms with van der Waals surface area (Å²) in [6.45, 7) is 7.43. The van der Waals surface area contributed by atoms with Crippen LogP contribution < -0.4 is 5.32 Å². The molecule has 0 bridgehead atoms. The molecule has 1 fully saturated rings. The van der Waals surface area contributed by atoms with Gasteiger partial charge in [-0.25, -0.2) is 0 Å². The van der Waals surface area contributed by atoms with E-state index >= 15 is 0 Å². The zero-order valence-corrected chi connectivity index (χ0v) is 11.7. The molecule has 1 N–H and O–H groups in total. The first-order valence-corrected chi connectivity index (χ1v) is 7.06. The molecule has 1 rings (SSSR count). The average Bonchev–Trinajstić information content (AvgIpc) is 2.81. The molecule has 102 valence electrons. The van der Waals surface area contributed by atoms with Crippen molar-refractivity contribution < 1.29 is 9.47 Å². The molecular weight excluding hydrogens is 214 g/mol. The van der Waals surface area contributed by atoms with Crippen LogP contribution in [0, 0.1) is 11.8 Å². The summed E-state index contributed by atoms with van der Waals surface area (Å²) in [5.74, 6) is 1.43. The number of hydrogen-bond acceptors (Lipinski definition) is 3. The molecule has 1 unspecified atom stereocenters. The van der Waals surface area contributed by atoms with Gasteiger partial charge in [-0.2, -0.15) is 0 Å². The van der Waals surface area contributed by atoms with Crippen LogP contribution in [0.3, 0.4) is 0 Å². The predicted octanol–water partition coefficient (Wildman–Crippen LogP) is 2.45. The van der Waals surface area contributed by atoms with Crippen molar-refractivity contribution in [2.45, 2.75) is 45.6 Å². The molecule has 0 amide bonds. The van der Waals surface area contributed by atoms with Gasteiger partial charge in [0.05, 0.1) is 19.8 Å². The molecule has 17 heavy (non-hydrogen) atoms. The molecule has 1 saturated carbocycles. The van der Waals surface area contributed by atoms with Crippen LogP contribution in [0.15, 0.2) is 0 Å². The summed E-state index contributed by atoms with van der Waals surface area (Å²) in [6, 6.07) is 0.530. The predicted molar refractivity (Wildman–Crippen MR) is 71.3 cm³/mol. The van der Waals surface area contributed by atoms with Crippen molar-refractivity contribution >= 4 is 0 Å². The lowest BCUT2D eigenvalue weighted by Gasteiger charge is -2.22. The van der Waals surface area contributed by atoms with Crippen LogP contribution in [0.4, 0.5) is 0 Å². The summed E-state index contributed by atoms with van der Waals surface area (Å²) < 4.78 is 11.2. The van der Waals surface area contributed by atoms with Crippen LogP contribution in [0.2, 0.25) is 0 Å². The Labute approximate surface area is 106 Å². The van der Waals surface area contributed by atoms with Gasteiger partial charge in [-0.15, -0.1) is 0 Å². The number of nitrogens with one attached hydrogen (secondary N) is 1. The smallest absolute Gasteiger partial charge is 0.0701 e. The monoisotopic (exact) mass is 243 g/mol. The standard InChI is InChI=1S/C14H29NO2/c1-12(2)10-16-8-9-17-11-14(15-3)13-6-4-5-7-13/h12-15H,4-11H2,1-3H3. The van der Waals surface area contributed by atoms with E-state index in [0.29, 0.717) is 12.0 Å². The normalized spacial score (nSPS) is 19.1. The van der Waals surface area contributed by atoms with Crippen molar-refractivity contribution in [3.8, 4) is 0 Å². The Morgan fingerprint density at radius 1 is 1.06 bits per heavy atom. The Balaban J connectivity index is 1.99. The Morgan fingerprint density at radius 2 is 1.65 bits per heavy atom. The van der Waals surface area contributed by atoms with Gasteiger partial charge in [0.15, 0.2) is 0 Å². The summed E-state index contributed by atoms with van der Waals surface area (Å²) in [7, 11) is 2.04. The molecule has 3 nitrogen and oxygen atoms in total. The lowest BCUT2D eigenvalue weighted by atomic mass is 9.99. The zero-order valence-electron chi connectivity index (χ0n) is 11.7. The van der Waals surface area contributed by atoms with Crippen LogP contribution in [0.25, 0.3) is 0 Å². The molecule has 1 aliphatic rings. The molecule has 0 saturated heterocycles. The second-order valence-corrected chi connectivity index (χ2v) is 5.48. The third-order valence-electron chi connectivity index (χ3n) is 3.46. The molecule has 0 aromatic rings. The Morgan fingerprint density at radius 3 is 2.18 bits per heavy atom. The van der Waals surface area contributed by atoms with Crippen LogP contribution in [-0.2, 0) is 9.47 Å². The number of likely N-dealkylation sites (N-methyl/N-ethyl adjacent to an activating group) is 1. The Bertz CT molecular complexity index is 179. The third kappa shape index (κ3) is 6.39. The van der Waals surface area contributed by atoms with Crippen molar-refractivity contribution in [1.82, 2.24) is 5.32 Å². The van der Waals surface area contributed by atoms with E-state index in [1.54, 1.807) is 0 Å². The van der Waals surface area contributed by atoms with Gasteiger partial charge >= 0.3 is 0 Å². The minimum Gasteiger partial charge on any atom is -0.379 e. The minimum absolute atomic E-state index is 0.530. The van der Waals surface area contributed by atoms with E-state index in [-0.39, 0.29) is 0 Å². The van der Waals surface area contributed by atoms with Gasteiger partial charge in [-0.05, 0) is 31.7 Å². The summed E-state index contributed by atoms with van der Waals surface area (Å²) in [5.41, 5.74) is 0. The topological polar surface area (TPSA) is 30.5 Å². The zero-order chi connectivity index (χ0) is 12.5. The van der Waals surface area contributed by atoms with Gasteiger partial charge in [-0.3, -0.25) is 0 Å². The van der Waals surface area contributed by atoms with E-state index in [4.69, 9.17) is 9.47 Å². The summed E-state index contributed by atoms with van der Waals surface area (Å²) in [6.07, 6.45) is 5.50. The largest absolute Gasteiger partial charge is 0.379 e. The first-order chi connectivity index (χ1) is 8.24. The number of hydrogen-bond donors (Lipinski definition) is 1. The minimum atomic E-state index is 0.530. The molecule has 3 heteroatoms. The van der Waals surface area contributed by atoms with E-state index in [1.165, 1.54) is 25.7 Å². The lowest BCUT2D eigenvalue weighted by Crippen LogP contribution is -2.37. The molecule has 0 radical (unpaired) electrons. The molecular formula is C14H29NO2. The van der Waals surface area contributed by atoms with Crippen molar-refractivity contribution in [3.05, 3.63) is 0 Å². The summed E-state index contributed by atoms with van der Waals surface area (Å²) in [5, 5.41) is 3.39. The van der Waals surface area contributed by atoms with Crippen LogP contribution in [-0.4, -0.2) is 39.5 Å². The van der Waals surface area contributed by atoms with Gasteiger partial charge in [0.2, 0.25) is 0 Å². The molecule has 0 heterocycles. The Hall–Kier alpha value is -0.120. The maximum absolute atomic E-state index is 5.69. The van der Waals surface area contributed by atoms with E-state index in [0.717, 1.165) is 32.3 Å². The quantitative estimate of drug-likeness (QED) is 0.631. The molecule has 1 aliphatic carbocycles. The molecule has 1 atom stereocenters. The highest BCUT2D eigenvalue weighted by Gasteiger charge is 2.23. The third-order valence-corrected chi connectivity index (χ3v) is 3.46. The van der Waals surface area contributed by atoms with Crippen LogP contribution in [0.5, 0.6) is 0 Å². The Kier molecular flexibility index (Phi) is 7.82. The maximum atomic E-state index is 5.69. The molecule has 0 aromatic carbocycles. The van der Waals surface area contributed by atoms with Crippen molar-refractivity contribution in [2.24, 2.45) is 11.8 Å². The van der Waals surface area contributed by atoms with Crippen molar-refractivity contribution in [2.75, 3.05) is 33.5 Å². The molecule has 0 spiro atoms. The van der Waals surface area contributed by atoms with Crippen molar-refractivity contribution in [3.63, 3.8) is 0 Å².